The van der Waals surface area contributed by atoms with Crippen molar-refractivity contribution in [3.05, 3.63) is 40.9 Å². The summed E-state index contributed by atoms with van der Waals surface area (Å²) in [5, 5.41) is 16.2. The first-order chi connectivity index (χ1) is 9.54. The van der Waals surface area contributed by atoms with Gasteiger partial charge in [0.05, 0.1) is 17.8 Å². The number of aliphatic hydroxyl groups excluding tert-OH is 1. The summed E-state index contributed by atoms with van der Waals surface area (Å²) in [5.74, 6) is -1.05. The van der Waals surface area contributed by atoms with Gasteiger partial charge in [-0.3, -0.25) is 4.79 Å². The standard InChI is InChI=1S/C12H12ClFN4O2/c1-17(5-6-19)12(20)9-7-18(16-15-9)10-4-2-3-8(13)11(10)14/h2-4,7,19H,5-6H2,1H3. The molecular formula is C12H12ClFN4O2. The molecule has 8 heteroatoms. The van der Waals surface area contributed by atoms with E-state index in [-0.39, 0.29) is 29.6 Å². The van der Waals surface area contributed by atoms with Crippen LogP contribution < -0.4 is 0 Å². The lowest BCUT2D eigenvalue weighted by atomic mass is 10.3. The maximum Gasteiger partial charge on any atom is 0.275 e. The van der Waals surface area contributed by atoms with Gasteiger partial charge in [0, 0.05) is 13.6 Å². The molecule has 1 N–H and O–H groups in total. The fraction of sp³-hybridized carbons (Fsp3) is 0.250. The number of aromatic nitrogens is 3. The van der Waals surface area contributed by atoms with Crippen LogP contribution in [0.3, 0.4) is 0 Å². The number of nitrogens with zero attached hydrogens (tertiary/aromatic N) is 4. The minimum absolute atomic E-state index is 0.0386. The Labute approximate surface area is 119 Å². The first-order valence-corrected chi connectivity index (χ1v) is 6.15. The van der Waals surface area contributed by atoms with Crippen LogP contribution in [0.2, 0.25) is 5.02 Å². The van der Waals surface area contributed by atoms with E-state index in [9.17, 15) is 9.18 Å². The molecule has 20 heavy (non-hydrogen) atoms. The molecule has 0 radical (unpaired) electrons. The van der Waals surface area contributed by atoms with Crippen LogP contribution in [0.5, 0.6) is 0 Å². The van der Waals surface area contributed by atoms with Crippen molar-refractivity contribution >= 4 is 17.5 Å². The molecule has 0 aliphatic rings. The van der Waals surface area contributed by atoms with Gasteiger partial charge in [-0.1, -0.05) is 22.9 Å². The minimum Gasteiger partial charge on any atom is -0.395 e. The average molecular weight is 299 g/mol. The number of halogens is 2. The average Bonchev–Trinajstić information content (AvgIpc) is 2.90. The van der Waals surface area contributed by atoms with Crippen LogP contribution in [-0.4, -0.2) is 51.1 Å². The predicted molar refractivity (Wildman–Crippen MR) is 70.4 cm³/mol. The van der Waals surface area contributed by atoms with Crippen molar-refractivity contribution in [3.8, 4) is 5.69 Å². The smallest absolute Gasteiger partial charge is 0.275 e. The zero-order valence-electron chi connectivity index (χ0n) is 10.6. The Hall–Kier alpha value is -1.99. The highest BCUT2D eigenvalue weighted by atomic mass is 35.5. The molecule has 1 aromatic heterocycles. The van der Waals surface area contributed by atoms with Crippen molar-refractivity contribution in [2.24, 2.45) is 0 Å². The summed E-state index contributed by atoms with van der Waals surface area (Å²) in [6.45, 7) is 0.0243. The van der Waals surface area contributed by atoms with Crippen LogP contribution in [0, 0.1) is 5.82 Å². The molecule has 0 aliphatic carbocycles. The van der Waals surface area contributed by atoms with Gasteiger partial charge in [-0.05, 0) is 12.1 Å². The highest BCUT2D eigenvalue weighted by Crippen LogP contribution is 2.20. The lowest BCUT2D eigenvalue weighted by Gasteiger charge is -2.12. The van der Waals surface area contributed by atoms with E-state index in [4.69, 9.17) is 16.7 Å². The number of benzene rings is 1. The molecule has 1 amide bonds. The fourth-order valence-electron chi connectivity index (χ4n) is 1.60. The second kappa shape index (κ2) is 5.98. The Morgan fingerprint density at radius 1 is 1.55 bits per heavy atom. The summed E-state index contributed by atoms with van der Waals surface area (Å²) in [5.41, 5.74) is 0.161. The van der Waals surface area contributed by atoms with Gasteiger partial charge in [-0.2, -0.15) is 0 Å². The Morgan fingerprint density at radius 3 is 3.00 bits per heavy atom. The molecule has 0 spiro atoms. The Balaban J connectivity index is 2.29. The van der Waals surface area contributed by atoms with Gasteiger partial charge in [-0.25, -0.2) is 9.07 Å². The molecule has 0 atom stereocenters. The number of rotatable bonds is 4. The molecule has 1 heterocycles. The molecule has 6 nitrogen and oxygen atoms in total. The second-order valence-corrected chi connectivity index (χ2v) is 4.48. The van der Waals surface area contributed by atoms with Crippen molar-refractivity contribution in [2.45, 2.75) is 0 Å². The third-order valence-electron chi connectivity index (χ3n) is 2.67. The monoisotopic (exact) mass is 298 g/mol. The second-order valence-electron chi connectivity index (χ2n) is 4.07. The van der Waals surface area contributed by atoms with E-state index < -0.39 is 11.7 Å². The zero-order chi connectivity index (χ0) is 14.7. The Kier molecular flexibility index (Phi) is 4.31. The third-order valence-corrected chi connectivity index (χ3v) is 2.96. The number of aliphatic hydroxyl groups is 1. The van der Waals surface area contributed by atoms with Crippen LogP contribution in [0.25, 0.3) is 5.69 Å². The summed E-state index contributed by atoms with van der Waals surface area (Å²) in [4.78, 5) is 13.2. The molecular weight excluding hydrogens is 287 g/mol. The predicted octanol–water partition coefficient (Wildman–Crippen LogP) is 1.12. The van der Waals surface area contributed by atoms with E-state index in [1.807, 2.05) is 0 Å². The van der Waals surface area contributed by atoms with Crippen LogP contribution in [0.1, 0.15) is 10.5 Å². The summed E-state index contributed by atoms with van der Waals surface area (Å²) in [6.07, 6.45) is 1.31. The highest BCUT2D eigenvalue weighted by molar-refractivity contribution is 6.30. The lowest BCUT2D eigenvalue weighted by molar-refractivity contribution is 0.0761. The summed E-state index contributed by atoms with van der Waals surface area (Å²) in [6, 6.07) is 4.46. The molecule has 0 bridgehead atoms. The molecule has 0 unspecified atom stereocenters. The van der Waals surface area contributed by atoms with Gasteiger partial charge >= 0.3 is 0 Å². The normalized spacial score (nSPS) is 10.6. The summed E-state index contributed by atoms with van der Waals surface area (Å²) >= 11 is 5.69. The zero-order valence-corrected chi connectivity index (χ0v) is 11.4. The molecule has 0 fully saturated rings. The third kappa shape index (κ3) is 2.78. The van der Waals surface area contributed by atoms with Crippen LogP contribution in [-0.2, 0) is 0 Å². The number of amides is 1. The molecule has 1 aromatic carbocycles. The van der Waals surface area contributed by atoms with E-state index in [1.54, 1.807) is 6.07 Å². The number of likely N-dealkylation sites (N-methyl/N-ethyl adjacent to an activating group) is 1. The number of hydrogen-bond donors (Lipinski definition) is 1. The van der Waals surface area contributed by atoms with Crippen molar-refractivity contribution in [1.29, 1.82) is 0 Å². The maximum absolute atomic E-state index is 13.8. The molecule has 2 aromatic rings. The van der Waals surface area contributed by atoms with Gasteiger partial charge in [0.25, 0.3) is 5.91 Å². The molecule has 106 valence electrons. The van der Waals surface area contributed by atoms with Crippen molar-refractivity contribution in [1.82, 2.24) is 19.9 Å². The van der Waals surface area contributed by atoms with Crippen LogP contribution >= 0.6 is 11.6 Å². The van der Waals surface area contributed by atoms with E-state index in [0.29, 0.717) is 0 Å². The van der Waals surface area contributed by atoms with E-state index in [2.05, 4.69) is 10.3 Å². The fourth-order valence-corrected chi connectivity index (χ4v) is 1.77. The SMILES string of the molecule is CN(CCO)C(=O)c1cn(-c2cccc(Cl)c2F)nn1. The van der Waals surface area contributed by atoms with Crippen molar-refractivity contribution < 1.29 is 14.3 Å². The van der Waals surface area contributed by atoms with Crippen LogP contribution in [0.4, 0.5) is 4.39 Å². The highest BCUT2D eigenvalue weighted by Gasteiger charge is 2.17. The van der Waals surface area contributed by atoms with Gasteiger partial charge in [0.2, 0.25) is 0 Å². The van der Waals surface area contributed by atoms with Gasteiger partial charge in [0.15, 0.2) is 11.5 Å². The summed E-state index contributed by atoms with van der Waals surface area (Å²) in [7, 11) is 1.53. The molecule has 2 rings (SSSR count). The molecule has 0 aliphatic heterocycles. The first kappa shape index (κ1) is 14.4. The van der Waals surface area contributed by atoms with Crippen molar-refractivity contribution in [3.63, 3.8) is 0 Å². The van der Waals surface area contributed by atoms with Crippen LogP contribution in [0.15, 0.2) is 24.4 Å². The number of hydrogen-bond acceptors (Lipinski definition) is 4. The Bertz CT molecular complexity index is 632. The van der Waals surface area contributed by atoms with Crippen molar-refractivity contribution in [2.75, 3.05) is 20.2 Å². The quantitative estimate of drug-likeness (QED) is 0.918. The number of carbonyl (C=O) groups excluding carboxylic acids is 1. The van der Waals surface area contributed by atoms with Gasteiger partial charge < -0.3 is 10.0 Å². The summed E-state index contributed by atoms with van der Waals surface area (Å²) < 4.78 is 15.0. The Morgan fingerprint density at radius 2 is 2.30 bits per heavy atom. The van der Waals surface area contributed by atoms with Gasteiger partial charge in [-0.15, -0.1) is 5.10 Å². The molecule has 0 saturated heterocycles. The van der Waals surface area contributed by atoms with E-state index in [0.717, 1.165) is 4.68 Å². The van der Waals surface area contributed by atoms with Gasteiger partial charge in [0.1, 0.15) is 5.69 Å². The topological polar surface area (TPSA) is 71.2 Å². The van der Waals surface area contributed by atoms with E-state index in [1.165, 1.54) is 30.3 Å². The first-order valence-electron chi connectivity index (χ1n) is 5.77. The van der Waals surface area contributed by atoms with E-state index >= 15 is 0 Å². The minimum atomic E-state index is -0.637. The number of carbonyl (C=O) groups is 1. The largest absolute Gasteiger partial charge is 0.395 e. The molecule has 0 saturated carbocycles. The maximum atomic E-state index is 13.8. The lowest BCUT2D eigenvalue weighted by Crippen LogP contribution is -2.29.